The Morgan fingerprint density at radius 1 is 0.875 bits per heavy atom. The number of hydrogen-bond donors (Lipinski definition) is 2. The van der Waals surface area contributed by atoms with Crippen LogP contribution < -0.4 is 10.9 Å². The van der Waals surface area contributed by atoms with Crippen LogP contribution in [0.2, 0.25) is 0 Å². The second-order valence-corrected chi connectivity index (χ2v) is 8.19. The molecule has 0 saturated carbocycles. The van der Waals surface area contributed by atoms with Gasteiger partial charge in [-0.05, 0) is 30.3 Å². The molecule has 130 valence electrons. The summed E-state index contributed by atoms with van der Waals surface area (Å²) in [5.74, 6) is 0. The first-order valence-corrected chi connectivity index (χ1v) is 9.22. The lowest BCUT2D eigenvalue weighted by atomic mass is 10.2. The molecule has 6 nitrogen and oxygen atoms in total. The highest BCUT2D eigenvalue weighted by Crippen LogP contribution is 2.36. The second kappa shape index (κ2) is 5.76. The van der Waals surface area contributed by atoms with E-state index in [4.69, 9.17) is 10.9 Å². The molecule has 11 heteroatoms. The van der Waals surface area contributed by atoms with E-state index in [1.165, 1.54) is 12.1 Å². The van der Waals surface area contributed by atoms with E-state index in [9.17, 15) is 30.0 Å². The molecule has 0 amide bonds. The predicted molar refractivity (Wildman–Crippen MR) is 79.1 cm³/mol. The summed E-state index contributed by atoms with van der Waals surface area (Å²) in [4.78, 5) is -1.89. The minimum Gasteiger partial charge on any atom is -0.398 e. The summed E-state index contributed by atoms with van der Waals surface area (Å²) in [5, 5.41) is 4.98. The van der Waals surface area contributed by atoms with E-state index in [0.717, 1.165) is 12.1 Å². The number of nitrogens with two attached hydrogens (primary N) is 2. The molecule has 0 unspecified atom stereocenters. The monoisotopic (exact) mass is 380 g/mol. The van der Waals surface area contributed by atoms with Crippen LogP contribution in [-0.2, 0) is 26.0 Å². The molecule has 2 aromatic rings. The van der Waals surface area contributed by atoms with Crippen molar-refractivity contribution in [2.24, 2.45) is 5.14 Å². The summed E-state index contributed by atoms with van der Waals surface area (Å²) in [6, 6.07) is 6.34. The Bertz CT molecular complexity index is 1000. The Kier molecular flexibility index (Phi) is 4.37. The van der Waals surface area contributed by atoms with E-state index in [1.54, 1.807) is 0 Å². The number of anilines is 1. The Morgan fingerprint density at radius 3 is 1.88 bits per heavy atom. The number of sulfonamides is 1. The molecule has 0 radical (unpaired) electrons. The molecule has 0 aliphatic carbocycles. The first kappa shape index (κ1) is 18.2. The molecule has 24 heavy (non-hydrogen) atoms. The Labute approximate surface area is 135 Å². The standard InChI is InChI=1S/C13H11F3N2O4S2/c14-13(15,16)9-6-5-8(7-10(9)17)23(19,20)11-3-1-2-4-12(11)24(18,21)22/h1-7H,17H2,(H2,18,21,22). The Balaban J connectivity index is 2.68. The van der Waals surface area contributed by atoms with E-state index in [1.807, 2.05) is 0 Å². The van der Waals surface area contributed by atoms with E-state index in [-0.39, 0.29) is 0 Å². The summed E-state index contributed by atoms with van der Waals surface area (Å²) < 4.78 is 86.2. The highest BCUT2D eigenvalue weighted by atomic mass is 32.2. The minimum absolute atomic E-state index is 0.516. The van der Waals surface area contributed by atoms with Gasteiger partial charge in [0.15, 0.2) is 0 Å². The third-order valence-electron chi connectivity index (χ3n) is 3.08. The summed E-state index contributed by atoms with van der Waals surface area (Å²) >= 11 is 0. The van der Waals surface area contributed by atoms with Gasteiger partial charge in [0, 0.05) is 5.69 Å². The highest BCUT2D eigenvalue weighted by molar-refractivity contribution is 7.93. The van der Waals surface area contributed by atoms with E-state index in [2.05, 4.69) is 0 Å². The van der Waals surface area contributed by atoms with Crippen LogP contribution in [0.5, 0.6) is 0 Å². The fourth-order valence-electron chi connectivity index (χ4n) is 2.00. The van der Waals surface area contributed by atoms with Crippen molar-refractivity contribution in [3.05, 3.63) is 48.0 Å². The highest BCUT2D eigenvalue weighted by Gasteiger charge is 2.34. The van der Waals surface area contributed by atoms with Gasteiger partial charge in [0.05, 0.1) is 15.4 Å². The second-order valence-electron chi connectivity index (χ2n) is 4.74. The van der Waals surface area contributed by atoms with Gasteiger partial charge in [-0.15, -0.1) is 0 Å². The van der Waals surface area contributed by atoms with E-state index in [0.29, 0.717) is 18.2 Å². The number of benzene rings is 2. The lowest BCUT2D eigenvalue weighted by molar-refractivity contribution is -0.136. The van der Waals surface area contributed by atoms with Crippen LogP contribution in [0.1, 0.15) is 5.56 Å². The van der Waals surface area contributed by atoms with Crippen LogP contribution in [0, 0.1) is 0 Å². The van der Waals surface area contributed by atoms with Crippen LogP contribution >= 0.6 is 0 Å². The number of sulfone groups is 1. The third kappa shape index (κ3) is 3.37. The molecule has 0 saturated heterocycles. The molecule has 0 bridgehead atoms. The van der Waals surface area contributed by atoms with Crippen molar-refractivity contribution in [2.75, 3.05) is 5.73 Å². The maximum absolute atomic E-state index is 12.7. The Morgan fingerprint density at radius 2 is 1.42 bits per heavy atom. The van der Waals surface area contributed by atoms with E-state index >= 15 is 0 Å². The Hall–Kier alpha value is -2.11. The molecule has 2 aromatic carbocycles. The number of hydrogen-bond acceptors (Lipinski definition) is 5. The molecule has 4 N–H and O–H groups in total. The number of rotatable bonds is 3. The van der Waals surface area contributed by atoms with Gasteiger partial charge in [0.2, 0.25) is 19.9 Å². The topological polar surface area (TPSA) is 120 Å². The lowest BCUT2D eigenvalue weighted by Crippen LogP contribution is -2.17. The van der Waals surface area contributed by atoms with Gasteiger partial charge < -0.3 is 5.73 Å². The molecule has 0 aromatic heterocycles. The van der Waals surface area contributed by atoms with Crippen molar-refractivity contribution >= 4 is 25.5 Å². The van der Waals surface area contributed by atoms with Crippen LogP contribution in [0.3, 0.4) is 0 Å². The number of primary sulfonamides is 1. The molecule has 0 aliphatic heterocycles. The summed E-state index contributed by atoms with van der Waals surface area (Å²) in [6.45, 7) is 0. The van der Waals surface area contributed by atoms with Crippen LogP contribution in [0.25, 0.3) is 0 Å². The molecular formula is C13H11F3N2O4S2. The van der Waals surface area contributed by atoms with Gasteiger partial charge in [-0.1, -0.05) is 12.1 Å². The van der Waals surface area contributed by atoms with Crippen molar-refractivity contribution < 1.29 is 30.0 Å². The zero-order valence-electron chi connectivity index (χ0n) is 11.8. The molecule has 0 fully saturated rings. The fraction of sp³-hybridized carbons (Fsp3) is 0.0769. The number of nitrogen functional groups attached to an aromatic ring is 1. The molecule has 0 spiro atoms. The van der Waals surface area contributed by atoms with E-state index < -0.39 is 52.0 Å². The van der Waals surface area contributed by atoms with Crippen molar-refractivity contribution in [3.8, 4) is 0 Å². The van der Waals surface area contributed by atoms with Crippen LogP contribution in [-0.4, -0.2) is 16.8 Å². The van der Waals surface area contributed by atoms with Crippen molar-refractivity contribution in [1.29, 1.82) is 0 Å². The van der Waals surface area contributed by atoms with Crippen molar-refractivity contribution in [1.82, 2.24) is 0 Å². The molecule has 0 heterocycles. The normalized spacial score (nSPS) is 13.0. The maximum atomic E-state index is 12.7. The quantitative estimate of drug-likeness (QED) is 0.786. The smallest absolute Gasteiger partial charge is 0.398 e. The van der Waals surface area contributed by atoms with Gasteiger partial charge in [-0.25, -0.2) is 22.0 Å². The van der Waals surface area contributed by atoms with Gasteiger partial charge in [0.1, 0.15) is 4.90 Å². The van der Waals surface area contributed by atoms with Gasteiger partial charge in [0.25, 0.3) is 0 Å². The third-order valence-corrected chi connectivity index (χ3v) is 5.99. The zero-order valence-corrected chi connectivity index (χ0v) is 13.4. The summed E-state index contributed by atoms with van der Waals surface area (Å²) in [6.07, 6.45) is -4.75. The molecule has 0 atom stereocenters. The fourth-order valence-corrected chi connectivity index (χ4v) is 4.67. The first-order valence-electron chi connectivity index (χ1n) is 6.19. The summed E-state index contributed by atoms with van der Waals surface area (Å²) in [5.41, 5.74) is 3.29. The largest absolute Gasteiger partial charge is 0.418 e. The average molecular weight is 380 g/mol. The summed E-state index contributed by atoms with van der Waals surface area (Å²) in [7, 11) is -8.80. The zero-order chi connectivity index (χ0) is 18.3. The molecule has 2 rings (SSSR count). The van der Waals surface area contributed by atoms with Crippen LogP contribution in [0.4, 0.5) is 18.9 Å². The van der Waals surface area contributed by atoms with Gasteiger partial charge in [-0.3, -0.25) is 0 Å². The van der Waals surface area contributed by atoms with Crippen molar-refractivity contribution in [3.63, 3.8) is 0 Å². The number of alkyl halides is 3. The SMILES string of the molecule is Nc1cc(S(=O)(=O)c2ccccc2S(N)(=O)=O)ccc1C(F)(F)F. The first-order chi connectivity index (χ1) is 10.8. The van der Waals surface area contributed by atoms with Crippen molar-refractivity contribution in [2.45, 2.75) is 20.9 Å². The average Bonchev–Trinajstić information content (AvgIpc) is 2.45. The predicted octanol–water partition coefficient (Wildman–Crippen LogP) is 1.77. The van der Waals surface area contributed by atoms with Crippen LogP contribution in [0.15, 0.2) is 57.2 Å². The number of halogens is 3. The molecule has 0 aliphatic rings. The van der Waals surface area contributed by atoms with Gasteiger partial charge >= 0.3 is 6.18 Å². The lowest BCUT2D eigenvalue weighted by Gasteiger charge is -2.13. The minimum atomic E-state index is -4.75. The maximum Gasteiger partial charge on any atom is 0.418 e. The van der Waals surface area contributed by atoms with Gasteiger partial charge in [-0.2, -0.15) is 13.2 Å². The molecular weight excluding hydrogens is 369 g/mol.